The molecule has 1 atom stereocenters. The number of nitrogens with one attached hydrogen (secondary N) is 1. The van der Waals surface area contributed by atoms with Gasteiger partial charge in [-0.2, -0.15) is 4.31 Å². The van der Waals surface area contributed by atoms with Gasteiger partial charge < -0.3 is 5.32 Å². The van der Waals surface area contributed by atoms with E-state index in [0.717, 1.165) is 14.8 Å². The Labute approximate surface area is 165 Å². The molecular formula is C17H19IN2O3S2. The Kier molecular flexibility index (Phi) is 5.81. The van der Waals surface area contributed by atoms with E-state index in [-0.39, 0.29) is 18.4 Å². The summed E-state index contributed by atoms with van der Waals surface area (Å²) in [6, 6.07) is 9.17. The van der Waals surface area contributed by atoms with Crippen molar-refractivity contribution in [3.8, 4) is 0 Å². The van der Waals surface area contributed by atoms with Crippen molar-refractivity contribution >= 4 is 55.5 Å². The summed E-state index contributed by atoms with van der Waals surface area (Å²) in [6.45, 7) is 2.65. The Hall–Kier alpha value is -0.970. The number of hydrogen-bond donors (Lipinski definition) is 1. The maximum absolute atomic E-state index is 12.7. The van der Waals surface area contributed by atoms with Gasteiger partial charge in [0.1, 0.15) is 4.21 Å². The molecule has 5 nitrogen and oxygen atoms in total. The summed E-state index contributed by atoms with van der Waals surface area (Å²) in [6.07, 6.45) is 1.39. The zero-order valence-electron chi connectivity index (χ0n) is 13.7. The van der Waals surface area contributed by atoms with Crippen LogP contribution in [0.4, 0.5) is 5.69 Å². The number of thiophene rings is 1. The van der Waals surface area contributed by atoms with E-state index in [9.17, 15) is 13.2 Å². The van der Waals surface area contributed by atoms with Crippen LogP contribution in [0, 0.1) is 16.4 Å². The van der Waals surface area contributed by atoms with Crippen LogP contribution in [0.1, 0.15) is 18.4 Å². The summed E-state index contributed by atoms with van der Waals surface area (Å²) in [5.74, 6) is -0.447. The summed E-state index contributed by atoms with van der Waals surface area (Å²) in [7, 11) is -3.50. The lowest BCUT2D eigenvalue weighted by Crippen LogP contribution is -2.43. The van der Waals surface area contributed by atoms with Crippen LogP contribution in [-0.4, -0.2) is 31.7 Å². The average Bonchev–Trinajstić information content (AvgIpc) is 3.13. The highest BCUT2D eigenvalue weighted by Gasteiger charge is 2.33. The first kappa shape index (κ1) is 18.8. The molecule has 2 aromatic rings. The first-order valence-electron chi connectivity index (χ1n) is 7.98. The number of amides is 1. The van der Waals surface area contributed by atoms with Gasteiger partial charge >= 0.3 is 0 Å². The standard InChI is InChI=1S/C17H19IN2O3S2/c1-12-10-14(18)6-7-15(12)19-17(21)13-4-2-8-20(11-13)25(22,23)16-5-3-9-24-16/h3,5-7,9-10,13H,2,4,8,11H2,1H3,(H,19,21)/t13-/m1/s1. The summed E-state index contributed by atoms with van der Waals surface area (Å²) in [4.78, 5) is 12.6. The normalized spacial score (nSPS) is 18.9. The van der Waals surface area contributed by atoms with Gasteiger partial charge in [-0.05, 0) is 77.6 Å². The van der Waals surface area contributed by atoms with Gasteiger partial charge in [0.15, 0.2) is 0 Å². The maximum Gasteiger partial charge on any atom is 0.252 e. The van der Waals surface area contributed by atoms with Crippen molar-refractivity contribution in [3.05, 3.63) is 44.8 Å². The molecular weight excluding hydrogens is 471 g/mol. The van der Waals surface area contributed by atoms with E-state index in [1.54, 1.807) is 17.5 Å². The first-order chi connectivity index (χ1) is 11.9. The van der Waals surface area contributed by atoms with E-state index in [1.807, 2.05) is 25.1 Å². The van der Waals surface area contributed by atoms with Crippen LogP contribution >= 0.6 is 33.9 Å². The molecule has 25 heavy (non-hydrogen) atoms. The lowest BCUT2D eigenvalue weighted by atomic mass is 9.98. The zero-order chi connectivity index (χ0) is 18.0. The molecule has 1 aliphatic rings. The average molecular weight is 490 g/mol. The topological polar surface area (TPSA) is 66.5 Å². The molecule has 0 aliphatic carbocycles. The molecule has 134 valence electrons. The highest BCUT2D eigenvalue weighted by atomic mass is 127. The van der Waals surface area contributed by atoms with Gasteiger partial charge in [0, 0.05) is 22.3 Å². The van der Waals surface area contributed by atoms with Crippen molar-refractivity contribution < 1.29 is 13.2 Å². The number of aryl methyl sites for hydroxylation is 1. The summed E-state index contributed by atoms with van der Waals surface area (Å²) in [5.41, 5.74) is 1.78. The van der Waals surface area contributed by atoms with Crippen LogP contribution in [0.5, 0.6) is 0 Å². The molecule has 1 saturated heterocycles. The second-order valence-corrected chi connectivity index (χ2v) is 10.4. The molecule has 8 heteroatoms. The Morgan fingerprint density at radius 3 is 2.84 bits per heavy atom. The molecule has 1 aliphatic heterocycles. The van der Waals surface area contributed by atoms with Gasteiger partial charge in [-0.1, -0.05) is 6.07 Å². The van der Waals surface area contributed by atoms with Crippen molar-refractivity contribution in [2.75, 3.05) is 18.4 Å². The molecule has 0 bridgehead atoms. The smallest absolute Gasteiger partial charge is 0.252 e. The van der Waals surface area contributed by atoms with E-state index in [0.29, 0.717) is 23.6 Å². The molecule has 0 unspecified atom stereocenters. The Morgan fingerprint density at radius 2 is 2.16 bits per heavy atom. The van der Waals surface area contributed by atoms with Crippen LogP contribution < -0.4 is 5.32 Å². The second-order valence-electron chi connectivity index (χ2n) is 6.08. The molecule has 1 aromatic carbocycles. The molecule has 0 saturated carbocycles. The second kappa shape index (κ2) is 7.73. The number of anilines is 1. The minimum Gasteiger partial charge on any atom is -0.326 e. The van der Waals surface area contributed by atoms with Crippen LogP contribution in [0.15, 0.2) is 39.9 Å². The Morgan fingerprint density at radius 1 is 1.36 bits per heavy atom. The van der Waals surface area contributed by atoms with Crippen molar-refractivity contribution in [2.45, 2.75) is 24.0 Å². The van der Waals surface area contributed by atoms with E-state index in [1.165, 1.54) is 15.6 Å². The highest BCUT2D eigenvalue weighted by molar-refractivity contribution is 14.1. The third-order valence-corrected chi connectivity index (χ3v) is 8.20. The number of halogens is 1. The number of nitrogens with zero attached hydrogens (tertiary/aromatic N) is 1. The lowest BCUT2D eigenvalue weighted by Gasteiger charge is -2.30. The van der Waals surface area contributed by atoms with Gasteiger partial charge in [-0.15, -0.1) is 11.3 Å². The van der Waals surface area contributed by atoms with E-state index < -0.39 is 10.0 Å². The predicted octanol–water partition coefficient (Wildman–Crippen LogP) is 3.70. The number of piperidine rings is 1. The molecule has 3 rings (SSSR count). The van der Waals surface area contributed by atoms with Gasteiger partial charge in [-0.3, -0.25) is 4.79 Å². The van der Waals surface area contributed by atoms with Crippen molar-refractivity contribution in [3.63, 3.8) is 0 Å². The van der Waals surface area contributed by atoms with Crippen LogP contribution in [0.3, 0.4) is 0 Å². The van der Waals surface area contributed by atoms with E-state index in [4.69, 9.17) is 0 Å². The summed E-state index contributed by atoms with van der Waals surface area (Å²) in [5, 5.41) is 4.70. The SMILES string of the molecule is Cc1cc(I)ccc1NC(=O)[C@@H]1CCCN(S(=O)(=O)c2cccs2)C1. The number of hydrogen-bond acceptors (Lipinski definition) is 4. The minimum absolute atomic E-state index is 0.115. The Bertz CT molecular complexity index is 866. The number of benzene rings is 1. The van der Waals surface area contributed by atoms with Gasteiger partial charge in [0.25, 0.3) is 10.0 Å². The van der Waals surface area contributed by atoms with Crippen LogP contribution in [0.2, 0.25) is 0 Å². The third kappa shape index (κ3) is 4.24. The van der Waals surface area contributed by atoms with E-state index in [2.05, 4.69) is 27.9 Å². The lowest BCUT2D eigenvalue weighted by molar-refractivity contribution is -0.120. The molecule has 1 N–H and O–H groups in total. The fourth-order valence-corrected chi connectivity index (χ4v) is 6.23. The maximum atomic E-state index is 12.7. The minimum atomic E-state index is -3.50. The fourth-order valence-electron chi connectivity index (χ4n) is 2.91. The van der Waals surface area contributed by atoms with Gasteiger partial charge in [0.2, 0.25) is 5.91 Å². The molecule has 2 heterocycles. The largest absolute Gasteiger partial charge is 0.326 e. The number of sulfonamides is 1. The fraction of sp³-hybridized carbons (Fsp3) is 0.353. The van der Waals surface area contributed by atoms with Crippen molar-refractivity contribution in [1.82, 2.24) is 4.31 Å². The van der Waals surface area contributed by atoms with Crippen molar-refractivity contribution in [1.29, 1.82) is 0 Å². The monoisotopic (exact) mass is 490 g/mol. The molecule has 0 radical (unpaired) electrons. The summed E-state index contributed by atoms with van der Waals surface area (Å²) < 4.78 is 28.2. The summed E-state index contributed by atoms with van der Waals surface area (Å²) >= 11 is 3.44. The third-order valence-electron chi connectivity index (χ3n) is 4.29. The first-order valence-corrected chi connectivity index (χ1v) is 11.4. The van der Waals surface area contributed by atoms with Crippen molar-refractivity contribution in [2.24, 2.45) is 5.92 Å². The van der Waals surface area contributed by atoms with Gasteiger partial charge in [0.05, 0.1) is 5.92 Å². The van der Waals surface area contributed by atoms with E-state index >= 15 is 0 Å². The van der Waals surface area contributed by atoms with Crippen LogP contribution in [-0.2, 0) is 14.8 Å². The Balaban J connectivity index is 1.72. The molecule has 1 aromatic heterocycles. The molecule has 1 fully saturated rings. The van der Waals surface area contributed by atoms with Crippen LogP contribution in [0.25, 0.3) is 0 Å². The zero-order valence-corrected chi connectivity index (χ0v) is 17.5. The molecule has 1 amide bonds. The van der Waals surface area contributed by atoms with Gasteiger partial charge in [-0.25, -0.2) is 8.42 Å². The number of rotatable bonds is 4. The number of carbonyl (C=O) groups excluding carboxylic acids is 1. The number of carbonyl (C=O) groups is 1. The predicted molar refractivity (Wildman–Crippen MR) is 108 cm³/mol. The highest BCUT2D eigenvalue weighted by Crippen LogP contribution is 2.27. The molecule has 0 spiro atoms. The quantitative estimate of drug-likeness (QED) is 0.665.